The third-order valence-electron chi connectivity index (χ3n) is 3.88. The fourth-order valence-corrected chi connectivity index (χ4v) is 2.40. The van der Waals surface area contributed by atoms with Crippen molar-refractivity contribution in [3.05, 3.63) is 77.9 Å². The van der Waals surface area contributed by atoms with Crippen LogP contribution < -0.4 is 10.1 Å². The SMILES string of the molecule is COc1cc(Nc2ccc(N=Nc3ccc(C)cc3)cc2)ccc1C. The lowest BCUT2D eigenvalue weighted by Gasteiger charge is -2.10. The first-order valence-corrected chi connectivity index (χ1v) is 8.14. The van der Waals surface area contributed by atoms with Gasteiger partial charge in [0.1, 0.15) is 5.75 Å². The molecule has 0 aliphatic heterocycles. The summed E-state index contributed by atoms with van der Waals surface area (Å²) in [7, 11) is 1.68. The van der Waals surface area contributed by atoms with Crippen molar-refractivity contribution >= 4 is 22.7 Å². The summed E-state index contributed by atoms with van der Waals surface area (Å²) in [5, 5.41) is 11.9. The zero-order valence-electron chi connectivity index (χ0n) is 14.7. The Bertz CT molecular complexity index is 869. The molecular formula is C21H21N3O. The van der Waals surface area contributed by atoms with Crippen molar-refractivity contribution in [1.82, 2.24) is 0 Å². The summed E-state index contributed by atoms with van der Waals surface area (Å²) in [6.45, 7) is 4.08. The molecule has 0 saturated heterocycles. The molecule has 1 N–H and O–H groups in total. The standard InChI is InChI=1S/C21H21N3O/c1-15-4-7-18(8-5-15)23-24-19-12-10-17(11-13-19)22-20-9-6-16(2)21(14-20)25-3/h4-14,22H,1-3H3. The summed E-state index contributed by atoms with van der Waals surface area (Å²) >= 11 is 0. The largest absolute Gasteiger partial charge is 0.496 e. The van der Waals surface area contributed by atoms with Crippen LogP contribution in [0, 0.1) is 13.8 Å². The van der Waals surface area contributed by atoms with Gasteiger partial charge in [0.2, 0.25) is 0 Å². The van der Waals surface area contributed by atoms with Gasteiger partial charge in [0.25, 0.3) is 0 Å². The van der Waals surface area contributed by atoms with E-state index in [4.69, 9.17) is 4.74 Å². The van der Waals surface area contributed by atoms with E-state index in [-0.39, 0.29) is 0 Å². The topological polar surface area (TPSA) is 46.0 Å². The van der Waals surface area contributed by atoms with Crippen LogP contribution in [0.2, 0.25) is 0 Å². The fraction of sp³-hybridized carbons (Fsp3) is 0.143. The molecule has 4 heteroatoms. The lowest BCUT2D eigenvalue weighted by molar-refractivity contribution is 0.412. The number of anilines is 2. The van der Waals surface area contributed by atoms with E-state index in [1.165, 1.54) is 5.56 Å². The Morgan fingerprint density at radius 1 is 0.720 bits per heavy atom. The number of hydrogen-bond donors (Lipinski definition) is 1. The molecule has 3 rings (SSSR count). The van der Waals surface area contributed by atoms with E-state index in [1.54, 1.807) is 7.11 Å². The van der Waals surface area contributed by atoms with Crippen molar-refractivity contribution in [3.63, 3.8) is 0 Å². The van der Waals surface area contributed by atoms with Crippen LogP contribution in [0.15, 0.2) is 77.0 Å². The van der Waals surface area contributed by atoms with E-state index in [1.807, 2.05) is 73.7 Å². The van der Waals surface area contributed by atoms with Crippen LogP contribution in [0.1, 0.15) is 11.1 Å². The Morgan fingerprint density at radius 3 is 1.88 bits per heavy atom. The van der Waals surface area contributed by atoms with Crippen molar-refractivity contribution < 1.29 is 4.74 Å². The normalized spacial score (nSPS) is 10.8. The number of hydrogen-bond acceptors (Lipinski definition) is 4. The summed E-state index contributed by atoms with van der Waals surface area (Å²) in [6.07, 6.45) is 0. The molecule has 0 amide bonds. The first-order chi connectivity index (χ1) is 12.1. The fourth-order valence-electron chi connectivity index (χ4n) is 2.40. The molecule has 0 spiro atoms. The highest BCUT2D eigenvalue weighted by Crippen LogP contribution is 2.26. The van der Waals surface area contributed by atoms with Crippen LogP contribution in [0.4, 0.5) is 22.7 Å². The zero-order chi connectivity index (χ0) is 17.6. The highest BCUT2D eigenvalue weighted by molar-refractivity contribution is 5.63. The summed E-state index contributed by atoms with van der Waals surface area (Å²) in [4.78, 5) is 0. The predicted molar refractivity (Wildman–Crippen MR) is 103 cm³/mol. The quantitative estimate of drug-likeness (QED) is 0.544. The number of methoxy groups -OCH3 is 1. The van der Waals surface area contributed by atoms with Gasteiger partial charge in [0.05, 0.1) is 18.5 Å². The number of rotatable bonds is 5. The molecule has 3 aromatic carbocycles. The molecule has 4 nitrogen and oxygen atoms in total. The van der Waals surface area contributed by atoms with Gasteiger partial charge in [0.15, 0.2) is 0 Å². The molecule has 126 valence electrons. The Labute approximate surface area is 148 Å². The van der Waals surface area contributed by atoms with Gasteiger partial charge in [-0.3, -0.25) is 0 Å². The van der Waals surface area contributed by atoms with Gasteiger partial charge in [-0.25, -0.2) is 0 Å². The Kier molecular flexibility index (Phi) is 5.09. The monoisotopic (exact) mass is 331 g/mol. The summed E-state index contributed by atoms with van der Waals surface area (Å²) in [5.41, 5.74) is 5.95. The van der Waals surface area contributed by atoms with E-state index in [9.17, 15) is 0 Å². The molecular weight excluding hydrogens is 310 g/mol. The highest BCUT2D eigenvalue weighted by atomic mass is 16.5. The predicted octanol–water partition coefficient (Wildman–Crippen LogP) is 6.47. The second-order valence-electron chi connectivity index (χ2n) is 5.89. The van der Waals surface area contributed by atoms with E-state index in [0.717, 1.165) is 34.1 Å². The molecule has 0 aromatic heterocycles. The minimum absolute atomic E-state index is 0.813. The minimum Gasteiger partial charge on any atom is -0.496 e. The van der Waals surface area contributed by atoms with Gasteiger partial charge in [-0.05, 0) is 61.9 Å². The molecule has 3 aromatic rings. The maximum absolute atomic E-state index is 5.36. The van der Waals surface area contributed by atoms with Crippen LogP contribution in [0.5, 0.6) is 5.75 Å². The molecule has 0 fully saturated rings. The molecule has 0 aliphatic rings. The second-order valence-corrected chi connectivity index (χ2v) is 5.89. The average molecular weight is 331 g/mol. The first-order valence-electron chi connectivity index (χ1n) is 8.14. The second kappa shape index (κ2) is 7.62. The molecule has 0 unspecified atom stereocenters. The lowest BCUT2D eigenvalue weighted by Crippen LogP contribution is -1.92. The van der Waals surface area contributed by atoms with Gasteiger partial charge < -0.3 is 10.1 Å². The summed E-state index contributed by atoms with van der Waals surface area (Å²) < 4.78 is 5.36. The average Bonchev–Trinajstić information content (AvgIpc) is 2.64. The smallest absolute Gasteiger partial charge is 0.123 e. The lowest BCUT2D eigenvalue weighted by atomic mass is 10.2. The maximum Gasteiger partial charge on any atom is 0.123 e. The maximum atomic E-state index is 5.36. The van der Waals surface area contributed by atoms with E-state index in [2.05, 4.69) is 22.5 Å². The Morgan fingerprint density at radius 2 is 1.28 bits per heavy atom. The van der Waals surface area contributed by atoms with Crippen molar-refractivity contribution in [2.75, 3.05) is 12.4 Å². The Hall–Kier alpha value is -3.14. The number of benzene rings is 3. The molecule has 0 saturated carbocycles. The summed E-state index contributed by atoms with van der Waals surface area (Å²) in [6, 6.07) is 21.9. The summed E-state index contributed by atoms with van der Waals surface area (Å²) in [5.74, 6) is 0.869. The van der Waals surface area contributed by atoms with Crippen molar-refractivity contribution in [3.8, 4) is 5.75 Å². The van der Waals surface area contributed by atoms with Crippen molar-refractivity contribution in [1.29, 1.82) is 0 Å². The van der Waals surface area contributed by atoms with Crippen LogP contribution in [-0.2, 0) is 0 Å². The van der Waals surface area contributed by atoms with Gasteiger partial charge in [-0.15, -0.1) is 0 Å². The molecule has 0 radical (unpaired) electrons. The van der Waals surface area contributed by atoms with E-state index >= 15 is 0 Å². The molecule has 25 heavy (non-hydrogen) atoms. The third kappa shape index (κ3) is 4.44. The van der Waals surface area contributed by atoms with Crippen LogP contribution in [0.25, 0.3) is 0 Å². The van der Waals surface area contributed by atoms with E-state index in [0.29, 0.717) is 0 Å². The van der Waals surface area contributed by atoms with Gasteiger partial charge in [0, 0.05) is 17.4 Å². The number of azo groups is 1. The number of nitrogens with zero attached hydrogens (tertiary/aromatic N) is 2. The first kappa shape index (κ1) is 16.7. The van der Waals surface area contributed by atoms with Crippen LogP contribution >= 0.6 is 0 Å². The molecule has 0 heterocycles. The molecule has 0 aliphatic carbocycles. The number of aryl methyl sites for hydroxylation is 2. The van der Waals surface area contributed by atoms with Gasteiger partial charge in [-0.1, -0.05) is 23.8 Å². The van der Waals surface area contributed by atoms with Crippen molar-refractivity contribution in [2.24, 2.45) is 10.2 Å². The molecule has 0 bridgehead atoms. The van der Waals surface area contributed by atoms with Crippen LogP contribution in [0.3, 0.4) is 0 Å². The Balaban J connectivity index is 1.68. The zero-order valence-corrected chi connectivity index (χ0v) is 14.7. The minimum atomic E-state index is 0.813. The van der Waals surface area contributed by atoms with E-state index < -0.39 is 0 Å². The number of ether oxygens (including phenoxy) is 1. The highest BCUT2D eigenvalue weighted by Gasteiger charge is 2.01. The van der Waals surface area contributed by atoms with Gasteiger partial charge >= 0.3 is 0 Å². The third-order valence-corrected chi connectivity index (χ3v) is 3.88. The van der Waals surface area contributed by atoms with Gasteiger partial charge in [-0.2, -0.15) is 10.2 Å². The van der Waals surface area contributed by atoms with Crippen molar-refractivity contribution in [2.45, 2.75) is 13.8 Å². The van der Waals surface area contributed by atoms with Crippen LogP contribution in [-0.4, -0.2) is 7.11 Å². The molecule has 0 atom stereocenters. The number of nitrogens with one attached hydrogen (secondary N) is 1.